The Morgan fingerprint density at radius 1 is 1.03 bits per heavy atom. The lowest BCUT2D eigenvalue weighted by molar-refractivity contribution is 0.122. The van der Waals surface area contributed by atoms with Crippen LogP contribution in [0.1, 0.15) is 5.69 Å². The molecule has 0 bridgehead atoms. The van der Waals surface area contributed by atoms with E-state index in [1.165, 1.54) is 10.6 Å². The summed E-state index contributed by atoms with van der Waals surface area (Å²) in [5.74, 6) is 1.38. The van der Waals surface area contributed by atoms with Gasteiger partial charge in [-0.2, -0.15) is 4.31 Å². The SMILES string of the molecule is COc1ccc(-c2cn3cc(CN4CCN(S(C)(=O)=O)CC4)nc3c(N3CCOCC3)n2)cn1. The first-order chi connectivity index (χ1) is 16.4. The van der Waals surface area contributed by atoms with E-state index in [0.29, 0.717) is 51.8 Å². The lowest BCUT2D eigenvalue weighted by Gasteiger charge is -2.32. The zero-order valence-corrected chi connectivity index (χ0v) is 20.2. The molecular weight excluding hydrogens is 458 g/mol. The van der Waals surface area contributed by atoms with E-state index in [4.69, 9.17) is 19.4 Å². The molecule has 0 amide bonds. The zero-order chi connectivity index (χ0) is 23.7. The van der Waals surface area contributed by atoms with Crippen LogP contribution >= 0.6 is 0 Å². The predicted octanol–water partition coefficient (Wildman–Crippen LogP) is 0.714. The first-order valence-electron chi connectivity index (χ1n) is 11.3. The van der Waals surface area contributed by atoms with Crippen molar-refractivity contribution < 1.29 is 17.9 Å². The second-order valence-corrected chi connectivity index (χ2v) is 10.5. The number of sulfonamides is 1. The fourth-order valence-corrected chi connectivity index (χ4v) is 5.16. The minimum absolute atomic E-state index is 0.501. The fraction of sp³-hybridized carbons (Fsp3) is 0.500. The van der Waals surface area contributed by atoms with Crippen LogP contribution in [0.15, 0.2) is 30.7 Å². The van der Waals surface area contributed by atoms with E-state index >= 15 is 0 Å². The molecule has 0 N–H and O–H groups in total. The molecular formula is C22H29N7O4S. The van der Waals surface area contributed by atoms with E-state index in [-0.39, 0.29) is 0 Å². The molecule has 12 heteroatoms. The summed E-state index contributed by atoms with van der Waals surface area (Å²) in [5.41, 5.74) is 3.42. The molecule has 0 aliphatic carbocycles. The number of pyridine rings is 1. The summed E-state index contributed by atoms with van der Waals surface area (Å²) in [6, 6.07) is 3.77. The molecule has 0 unspecified atom stereocenters. The second-order valence-electron chi connectivity index (χ2n) is 8.54. The molecule has 0 radical (unpaired) electrons. The lowest BCUT2D eigenvalue weighted by Crippen LogP contribution is -2.47. The Bertz CT molecular complexity index is 1250. The van der Waals surface area contributed by atoms with Gasteiger partial charge in [0.1, 0.15) is 0 Å². The topological polar surface area (TPSA) is 105 Å². The van der Waals surface area contributed by atoms with Crippen LogP contribution in [0.5, 0.6) is 5.88 Å². The first kappa shape index (κ1) is 23.0. The third kappa shape index (κ3) is 4.85. The Morgan fingerprint density at radius 2 is 1.79 bits per heavy atom. The van der Waals surface area contributed by atoms with Crippen LogP contribution in [0.3, 0.4) is 0 Å². The van der Waals surface area contributed by atoms with Gasteiger partial charge >= 0.3 is 0 Å². The maximum absolute atomic E-state index is 11.8. The van der Waals surface area contributed by atoms with Crippen LogP contribution in [-0.2, 0) is 21.3 Å². The van der Waals surface area contributed by atoms with Crippen molar-refractivity contribution in [1.82, 2.24) is 28.6 Å². The highest BCUT2D eigenvalue weighted by molar-refractivity contribution is 7.88. The number of methoxy groups -OCH3 is 1. The maximum atomic E-state index is 11.8. The van der Waals surface area contributed by atoms with Gasteiger partial charge in [0.15, 0.2) is 11.5 Å². The number of piperazine rings is 1. The summed E-state index contributed by atoms with van der Waals surface area (Å²) in [7, 11) is -1.55. The molecule has 0 spiro atoms. The number of nitrogens with zero attached hydrogens (tertiary/aromatic N) is 7. The van der Waals surface area contributed by atoms with Gasteiger partial charge in [0.2, 0.25) is 15.9 Å². The molecule has 2 aliphatic rings. The van der Waals surface area contributed by atoms with Gasteiger partial charge < -0.3 is 18.8 Å². The Kier molecular flexibility index (Phi) is 6.38. The smallest absolute Gasteiger partial charge is 0.212 e. The number of morpholine rings is 1. The molecule has 0 aromatic carbocycles. The van der Waals surface area contributed by atoms with Gasteiger partial charge in [0.05, 0.1) is 38.0 Å². The highest BCUT2D eigenvalue weighted by Gasteiger charge is 2.25. The van der Waals surface area contributed by atoms with Crippen LogP contribution in [0.25, 0.3) is 16.9 Å². The van der Waals surface area contributed by atoms with E-state index in [1.807, 2.05) is 28.9 Å². The molecule has 182 valence electrons. The monoisotopic (exact) mass is 487 g/mol. The van der Waals surface area contributed by atoms with Crippen molar-refractivity contribution in [2.75, 3.05) is 70.7 Å². The van der Waals surface area contributed by atoms with E-state index < -0.39 is 10.0 Å². The van der Waals surface area contributed by atoms with Crippen molar-refractivity contribution in [3.05, 3.63) is 36.4 Å². The average molecular weight is 488 g/mol. The third-order valence-corrected chi connectivity index (χ3v) is 7.51. The largest absolute Gasteiger partial charge is 0.481 e. The van der Waals surface area contributed by atoms with E-state index in [2.05, 4.69) is 14.8 Å². The zero-order valence-electron chi connectivity index (χ0n) is 19.4. The Morgan fingerprint density at radius 3 is 2.44 bits per heavy atom. The van der Waals surface area contributed by atoms with Crippen molar-refractivity contribution in [3.8, 4) is 17.1 Å². The summed E-state index contributed by atoms with van der Waals surface area (Å²) in [6.45, 7) is 5.83. The number of fused-ring (bicyclic) bond motifs is 1. The maximum Gasteiger partial charge on any atom is 0.212 e. The molecule has 3 aromatic heterocycles. The molecule has 2 fully saturated rings. The summed E-state index contributed by atoms with van der Waals surface area (Å²) >= 11 is 0. The number of anilines is 1. The van der Waals surface area contributed by atoms with Crippen molar-refractivity contribution >= 4 is 21.5 Å². The minimum Gasteiger partial charge on any atom is -0.481 e. The van der Waals surface area contributed by atoms with Crippen molar-refractivity contribution in [2.24, 2.45) is 0 Å². The lowest BCUT2D eigenvalue weighted by atomic mass is 10.2. The highest BCUT2D eigenvalue weighted by atomic mass is 32.2. The van der Waals surface area contributed by atoms with Crippen LogP contribution in [-0.4, -0.2) is 103 Å². The van der Waals surface area contributed by atoms with Crippen LogP contribution in [0.2, 0.25) is 0 Å². The molecule has 2 saturated heterocycles. The number of imidazole rings is 1. The molecule has 34 heavy (non-hydrogen) atoms. The summed E-state index contributed by atoms with van der Waals surface area (Å²) < 4.78 is 37.9. The quantitative estimate of drug-likeness (QED) is 0.497. The van der Waals surface area contributed by atoms with Gasteiger partial charge in [-0.25, -0.2) is 23.4 Å². The van der Waals surface area contributed by atoms with Gasteiger partial charge in [-0.3, -0.25) is 4.90 Å². The average Bonchev–Trinajstić information content (AvgIpc) is 3.26. The van der Waals surface area contributed by atoms with Gasteiger partial charge in [0, 0.05) is 76.0 Å². The summed E-state index contributed by atoms with van der Waals surface area (Å²) in [4.78, 5) is 18.7. The molecule has 11 nitrogen and oxygen atoms in total. The molecule has 5 heterocycles. The third-order valence-electron chi connectivity index (χ3n) is 6.21. The minimum atomic E-state index is -3.15. The Labute approximate surface area is 199 Å². The van der Waals surface area contributed by atoms with Gasteiger partial charge in [0.25, 0.3) is 0 Å². The summed E-state index contributed by atoms with van der Waals surface area (Å²) in [6.07, 6.45) is 7.03. The van der Waals surface area contributed by atoms with Gasteiger partial charge in [-0.05, 0) is 6.07 Å². The van der Waals surface area contributed by atoms with Crippen molar-refractivity contribution in [2.45, 2.75) is 6.54 Å². The van der Waals surface area contributed by atoms with E-state index in [9.17, 15) is 8.42 Å². The number of aromatic nitrogens is 4. The van der Waals surface area contributed by atoms with Crippen LogP contribution < -0.4 is 9.64 Å². The number of hydrogen-bond acceptors (Lipinski definition) is 9. The second kappa shape index (κ2) is 9.45. The Balaban J connectivity index is 1.44. The Hall–Kier alpha value is -2.80. The van der Waals surface area contributed by atoms with Gasteiger partial charge in [-0.1, -0.05) is 0 Å². The molecule has 0 saturated carbocycles. The van der Waals surface area contributed by atoms with E-state index in [0.717, 1.165) is 41.5 Å². The fourth-order valence-electron chi connectivity index (χ4n) is 4.34. The van der Waals surface area contributed by atoms with Crippen molar-refractivity contribution in [3.63, 3.8) is 0 Å². The number of hydrogen-bond donors (Lipinski definition) is 0. The number of rotatable bonds is 6. The van der Waals surface area contributed by atoms with Crippen LogP contribution in [0.4, 0.5) is 5.82 Å². The molecule has 5 rings (SSSR count). The predicted molar refractivity (Wildman–Crippen MR) is 127 cm³/mol. The number of ether oxygens (including phenoxy) is 2. The standard InChI is InChI=1S/C22H29N7O4S/c1-32-20-4-3-17(13-23-20)19-16-28-15-18(14-26-5-7-29(8-6-26)34(2,30)31)24-21(28)22(25-19)27-9-11-33-12-10-27/h3-4,13,15-16H,5-12,14H2,1-2H3. The van der Waals surface area contributed by atoms with E-state index in [1.54, 1.807) is 13.3 Å². The molecule has 2 aliphatic heterocycles. The normalized spacial score (nSPS) is 18.5. The highest BCUT2D eigenvalue weighted by Crippen LogP contribution is 2.27. The summed E-state index contributed by atoms with van der Waals surface area (Å²) in [5, 5.41) is 0. The first-order valence-corrected chi connectivity index (χ1v) is 13.1. The van der Waals surface area contributed by atoms with Crippen molar-refractivity contribution in [1.29, 1.82) is 0 Å². The molecule has 3 aromatic rings. The van der Waals surface area contributed by atoms with Gasteiger partial charge in [-0.15, -0.1) is 0 Å². The molecule has 0 atom stereocenters. The van der Waals surface area contributed by atoms with Crippen LogP contribution in [0, 0.1) is 0 Å².